The summed E-state index contributed by atoms with van der Waals surface area (Å²) in [6.07, 6.45) is 4.33. The summed E-state index contributed by atoms with van der Waals surface area (Å²) in [5.41, 5.74) is 4.23. The maximum atomic E-state index is 14.7. The molecule has 2 aromatic heterocycles. The third-order valence-corrected chi connectivity index (χ3v) is 10.1. The zero-order chi connectivity index (χ0) is 39.3. The molecule has 5 amide bonds. The Morgan fingerprint density at radius 1 is 0.982 bits per heavy atom. The number of aryl methyl sites for hydroxylation is 1. The van der Waals surface area contributed by atoms with E-state index in [0.29, 0.717) is 22.5 Å². The van der Waals surface area contributed by atoms with Gasteiger partial charge in [0.2, 0.25) is 11.8 Å². The maximum Gasteiger partial charge on any atom is 0.334 e. The van der Waals surface area contributed by atoms with E-state index >= 15 is 0 Å². The number of hydrazine groups is 1. The predicted octanol–water partition coefficient (Wildman–Crippen LogP) is 4.70. The molecule has 5 aromatic rings. The van der Waals surface area contributed by atoms with Crippen LogP contribution in [0.3, 0.4) is 0 Å². The Morgan fingerprint density at radius 2 is 1.77 bits per heavy atom. The summed E-state index contributed by atoms with van der Waals surface area (Å²) < 4.78 is 1.88. The Labute approximate surface area is 325 Å². The Bertz CT molecular complexity index is 2240. The first-order valence-electron chi connectivity index (χ1n) is 18.6. The minimum absolute atomic E-state index is 0.0348. The Kier molecular flexibility index (Phi) is 11.0. The molecule has 3 aromatic carbocycles. The predicted molar refractivity (Wildman–Crippen MR) is 213 cm³/mol. The first-order valence-corrected chi connectivity index (χ1v) is 18.6. The fraction of sp³-hybridized carbons (Fsp3) is 0.262. The summed E-state index contributed by atoms with van der Waals surface area (Å²) in [4.78, 5) is 64.0. The molecule has 2 saturated heterocycles. The molecule has 2 fully saturated rings. The smallest absolute Gasteiger partial charge is 0.334 e. The van der Waals surface area contributed by atoms with E-state index in [2.05, 4.69) is 27.5 Å². The molecular formula is C42H45N9O5. The van der Waals surface area contributed by atoms with Crippen LogP contribution in [0.4, 0.5) is 16.3 Å². The van der Waals surface area contributed by atoms with E-state index < -0.39 is 18.2 Å². The molecule has 2 aliphatic rings. The second-order valence-corrected chi connectivity index (χ2v) is 13.9. The van der Waals surface area contributed by atoms with Crippen molar-refractivity contribution >= 4 is 46.2 Å². The van der Waals surface area contributed by atoms with Crippen molar-refractivity contribution in [2.45, 2.75) is 38.6 Å². The number of aromatic hydroxyl groups is 1. The third-order valence-electron chi connectivity index (χ3n) is 10.1. The minimum Gasteiger partial charge on any atom is -0.508 e. The third kappa shape index (κ3) is 7.77. The quantitative estimate of drug-likeness (QED) is 0.134. The minimum atomic E-state index is -0.942. The number of carbonyl (C=O) groups excluding carboxylic acids is 4. The van der Waals surface area contributed by atoms with Crippen LogP contribution in [-0.2, 0) is 36.1 Å². The molecule has 2 atom stereocenters. The van der Waals surface area contributed by atoms with Gasteiger partial charge in [0.05, 0.1) is 36.1 Å². The molecule has 7 rings (SSSR count). The molecule has 2 aliphatic heterocycles. The number of aromatic nitrogens is 2. The van der Waals surface area contributed by atoms with Gasteiger partial charge in [-0.1, -0.05) is 66.7 Å². The number of hydrogen-bond acceptors (Lipinski definition) is 8. The number of nitrogens with zero attached hydrogens (tertiary/aromatic N) is 6. The van der Waals surface area contributed by atoms with Gasteiger partial charge in [-0.15, -0.1) is 6.58 Å². The van der Waals surface area contributed by atoms with Crippen LogP contribution in [0.25, 0.3) is 10.9 Å². The summed E-state index contributed by atoms with van der Waals surface area (Å²) in [7, 11) is 1.86. The van der Waals surface area contributed by atoms with Gasteiger partial charge in [0, 0.05) is 51.2 Å². The monoisotopic (exact) mass is 755 g/mol. The number of amides is 5. The van der Waals surface area contributed by atoms with Gasteiger partial charge in [-0.05, 0) is 47.9 Å². The van der Waals surface area contributed by atoms with E-state index in [9.17, 15) is 24.3 Å². The fourth-order valence-corrected chi connectivity index (χ4v) is 7.57. The average Bonchev–Trinajstić information content (AvgIpc) is 3.54. The highest BCUT2D eigenvalue weighted by Gasteiger charge is 2.51. The highest BCUT2D eigenvalue weighted by molar-refractivity contribution is 6.13. The summed E-state index contributed by atoms with van der Waals surface area (Å²) in [5.74, 6) is -0.0664. The number of phenolic OH excluding ortho intramolecular Hbond substituents is 1. The molecule has 4 N–H and O–H groups in total. The van der Waals surface area contributed by atoms with Gasteiger partial charge in [0.25, 0.3) is 5.91 Å². The van der Waals surface area contributed by atoms with Crippen LogP contribution in [0.2, 0.25) is 0 Å². The zero-order valence-corrected chi connectivity index (χ0v) is 31.4. The highest BCUT2D eigenvalue weighted by Crippen LogP contribution is 2.32. The summed E-state index contributed by atoms with van der Waals surface area (Å²) >= 11 is 0. The largest absolute Gasteiger partial charge is 0.508 e. The van der Waals surface area contributed by atoms with Crippen LogP contribution in [0.1, 0.15) is 34.0 Å². The van der Waals surface area contributed by atoms with E-state index in [-0.39, 0.29) is 62.6 Å². The second-order valence-electron chi connectivity index (χ2n) is 13.9. The van der Waals surface area contributed by atoms with Gasteiger partial charge in [-0.25, -0.2) is 19.8 Å². The standard InChI is InChI=1S/C42H45N9O5/c1-4-20-49-27-38(53)50-35(21-28-14-17-32(52)18-15-28)41(55)48(26-37(50)51(49)42(56)45-22-29-10-7-6-8-11-29)24-30-12-9-13-33-34(25-47(3)39(30)33)40(54)46-31-16-19-36(43-5-2)44-23-31/h4,6-19,23,25,35,37,52H,1,5,20-22,24,26-27H2,2-3H3,(H,43,44)(H,45,56)(H,46,54). The van der Waals surface area contributed by atoms with Crippen molar-refractivity contribution in [1.82, 2.24) is 34.7 Å². The Hall–Kier alpha value is -6.67. The van der Waals surface area contributed by atoms with Crippen molar-refractivity contribution in [3.8, 4) is 5.75 Å². The van der Waals surface area contributed by atoms with E-state index in [1.165, 1.54) is 0 Å². The summed E-state index contributed by atoms with van der Waals surface area (Å²) in [6.45, 7) is 7.14. The van der Waals surface area contributed by atoms with E-state index in [4.69, 9.17) is 0 Å². The normalized spacial score (nSPS) is 17.1. The molecule has 0 bridgehead atoms. The number of anilines is 2. The van der Waals surface area contributed by atoms with Crippen molar-refractivity contribution < 1.29 is 24.3 Å². The highest BCUT2D eigenvalue weighted by atomic mass is 16.3. The van der Waals surface area contributed by atoms with Crippen LogP contribution in [0.15, 0.2) is 110 Å². The molecule has 4 heterocycles. The first kappa shape index (κ1) is 37.6. The van der Waals surface area contributed by atoms with E-state index in [1.807, 2.05) is 67.1 Å². The number of benzene rings is 3. The Morgan fingerprint density at radius 3 is 2.48 bits per heavy atom. The van der Waals surface area contributed by atoms with Crippen molar-refractivity contribution in [3.63, 3.8) is 0 Å². The van der Waals surface area contributed by atoms with E-state index in [1.54, 1.807) is 74.7 Å². The maximum absolute atomic E-state index is 14.7. The summed E-state index contributed by atoms with van der Waals surface area (Å²) in [6, 6.07) is 24.0. The lowest BCUT2D eigenvalue weighted by Gasteiger charge is -2.55. The first-order chi connectivity index (χ1) is 27.1. The van der Waals surface area contributed by atoms with Crippen LogP contribution >= 0.6 is 0 Å². The lowest BCUT2D eigenvalue weighted by atomic mass is 9.98. The number of para-hydroxylation sites is 1. The van der Waals surface area contributed by atoms with Gasteiger partial charge in [0.1, 0.15) is 23.8 Å². The number of fused-ring (bicyclic) bond motifs is 2. The number of phenols is 1. The van der Waals surface area contributed by atoms with Crippen LogP contribution in [0.5, 0.6) is 5.75 Å². The summed E-state index contributed by atoms with van der Waals surface area (Å²) in [5, 5.41) is 23.0. The fourth-order valence-electron chi connectivity index (χ4n) is 7.57. The molecule has 0 radical (unpaired) electrons. The average molecular weight is 756 g/mol. The number of piperazine rings is 1. The molecule has 14 heteroatoms. The number of pyridine rings is 1. The molecule has 0 aliphatic carbocycles. The van der Waals surface area contributed by atoms with Crippen molar-refractivity contribution in [2.24, 2.45) is 7.05 Å². The lowest BCUT2D eigenvalue weighted by molar-refractivity contribution is -0.189. The van der Waals surface area contributed by atoms with Crippen LogP contribution < -0.4 is 16.0 Å². The number of urea groups is 1. The van der Waals surface area contributed by atoms with Crippen molar-refractivity contribution in [3.05, 3.63) is 132 Å². The van der Waals surface area contributed by atoms with Crippen molar-refractivity contribution in [1.29, 1.82) is 0 Å². The zero-order valence-electron chi connectivity index (χ0n) is 31.4. The van der Waals surface area contributed by atoms with Crippen LogP contribution in [-0.4, -0.2) is 96.6 Å². The molecule has 288 valence electrons. The van der Waals surface area contributed by atoms with E-state index in [0.717, 1.165) is 28.8 Å². The second kappa shape index (κ2) is 16.4. The molecule has 56 heavy (non-hydrogen) atoms. The Balaban J connectivity index is 1.22. The lowest BCUT2D eigenvalue weighted by Crippen LogP contribution is -2.76. The molecule has 2 unspecified atom stereocenters. The van der Waals surface area contributed by atoms with Gasteiger partial charge in [0.15, 0.2) is 0 Å². The molecular weight excluding hydrogens is 711 g/mol. The van der Waals surface area contributed by atoms with Gasteiger partial charge < -0.3 is 35.4 Å². The number of rotatable bonds is 12. The molecule has 14 nitrogen and oxygen atoms in total. The van der Waals surface area contributed by atoms with Gasteiger partial charge in [-0.3, -0.25) is 14.4 Å². The number of hydrogen-bond donors (Lipinski definition) is 4. The number of carbonyl (C=O) groups is 4. The SMILES string of the molecule is C=CCN1CC(=O)N2C(Cc3ccc(O)cc3)C(=O)N(Cc3cccc4c(C(=O)Nc5ccc(NCC)nc5)cn(C)c34)CC2N1C(=O)NCc1ccccc1. The molecule has 0 saturated carbocycles. The van der Waals surface area contributed by atoms with Gasteiger partial charge in [-0.2, -0.15) is 0 Å². The van der Waals surface area contributed by atoms with Crippen LogP contribution in [0, 0.1) is 0 Å². The van der Waals surface area contributed by atoms with Crippen molar-refractivity contribution in [2.75, 3.05) is 36.8 Å². The topological polar surface area (TPSA) is 155 Å². The molecule has 0 spiro atoms. The van der Waals surface area contributed by atoms with Gasteiger partial charge >= 0.3 is 6.03 Å². The number of nitrogens with one attached hydrogen (secondary N) is 3.